The Labute approximate surface area is 176 Å². The number of hydrogen-bond acceptors (Lipinski definition) is 4. The first-order chi connectivity index (χ1) is 13.9. The zero-order valence-corrected chi connectivity index (χ0v) is 17.5. The highest BCUT2D eigenvalue weighted by Crippen LogP contribution is 2.33. The number of fused-ring (bicyclic) bond motifs is 1. The van der Waals surface area contributed by atoms with Crippen LogP contribution in [0.4, 0.5) is 0 Å². The summed E-state index contributed by atoms with van der Waals surface area (Å²) in [6.07, 6.45) is 1.64. The lowest BCUT2D eigenvalue weighted by molar-refractivity contribution is -0.136. The lowest BCUT2D eigenvalue weighted by Gasteiger charge is -2.09. The predicted octanol–water partition coefficient (Wildman–Crippen LogP) is 5.28. The molecule has 0 spiro atoms. The molecule has 1 N–H and O–H groups in total. The van der Waals surface area contributed by atoms with E-state index in [1.54, 1.807) is 29.5 Å². The van der Waals surface area contributed by atoms with Crippen LogP contribution in [-0.2, 0) is 21.2 Å². The Morgan fingerprint density at radius 1 is 1.10 bits per heavy atom. The normalized spacial score (nSPS) is 11.8. The molecule has 0 aliphatic carbocycles. The first-order valence-corrected chi connectivity index (χ1v) is 11.5. The van der Waals surface area contributed by atoms with E-state index in [1.807, 2.05) is 29.0 Å². The summed E-state index contributed by atoms with van der Waals surface area (Å²) in [6, 6.07) is 13.8. The van der Waals surface area contributed by atoms with Gasteiger partial charge in [0.05, 0.1) is 10.5 Å². The van der Waals surface area contributed by atoms with Gasteiger partial charge in [-0.1, -0.05) is 29.8 Å². The van der Waals surface area contributed by atoms with Crippen LogP contribution in [0, 0.1) is 0 Å². The van der Waals surface area contributed by atoms with Gasteiger partial charge in [-0.15, -0.1) is 0 Å². The summed E-state index contributed by atoms with van der Waals surface area (Å²) in [6.45, 7) is 0. The Morgan fingerprint density at radius 3 is 2.59 bits per heavy atom. The minimum Gasteiger partial charge on any atom is -0.481 e. The maximum atomic E-state index is 13.3. The molecule has 0 amide bonds. The molecule has 2 aromatic carbocycles. The molecule has 29 heavy (non-hydrogen) atoms. The quantitative estimate of drug-likeness (QED) is 0.438. The average Bonchev–Trinajstić information content (AvgIpc) is 3.34. The van der Waals surface area contributed by atoms with Crippen molar-refractivity contribution in [2.24, 2.45) is 0 Å². The van der Waals surface area contributed by atoms with Crippen LogP contribution < -0.4 is 0 Å². The number of carbonyl (C=O) groups is 1. The van der Waals surface area contributed by atoms with E-state index >= 15 is 0 Å². The van der Waals surface area contributed by atoms with Crippen molar-refractivity contribution in [3.05, 3.63) is 76.1 Å². The molecule has 0 saturated carbocycles. The molecule has 148 valence electrons. The van der Waals surface area contributed by atoms with Gasteiger partial charge in [0.25, 0.3) is 10.0 Å². The maximum absolute atomic E-state index is 13.3. The number of rotatable bonds is 6. The molecule has 0 unspecified atom stereocenters. The lowest BCUT2D eigenvalue weighted by atomic mass is 10.0. The van der Waals surface area contributed by atoms with Crippen molar-refractivity contribution in [2.45, 2.75) is 17.7 Å². The van der Waals surface area contributed by atoms with E-state index in [-0.39, 0.29) is 22.8 Å². The van der Waals surface area contributed by atoms with Gasteiger partial charge < -0.3 is 5.11 Å². The van der Waals surface area contributed by atoms with E-state index in [0.29, 0.717) is 16.5 Å². The third-order valence-electron chi connectivity index (χ3n) is 4.69. The van der Waals surface area contributed by atoms with E-state index < -0.39 is 16.0 Å². The number of nitrogens with zero attached hydrogens (tertiary/aromatic N) is 1. The molecule has 0 aliphatic heterocycles. The van der Waals surface area contributed by atoms with Gasteiger partial charge in [-0.2, -0.15) is 11.3 Å². The van der Waals surface area contributed by atoms with Gasteiger partial charge >= 0.3 is 5.97 Å². The molecular weight excluding hydrogens is 430 g/mol. The monoisotopic (exact) mass is 445 g/mol. The summed E-state index contributed by atoms with van der Waals surface area (Å²) < 4.78 is 27.8. The van der Waals surface area contributed by atoms with E-state index in [9.17, 15) is 13.2 Å². The number of aryl methyl sites for hydroxylation is 1. The third-order valence-corrected chi connectivity index (χ3v) is 7.55. The summed E-state index contributed by atoms with van der Waals surface area (Å²) in [4.78, 5) is 11.1. The third kappa shape index (κ3) is 3.69. The number of benzene rings is 2. The SMILES string of the molecule is O=C(O)CCc1cn(S(=O)(=O)c2ccccc2Cl)c2ccc(-c3ccsc3)cc12. The maximum Gasteiger partial charge on any atom is 0.303 e. The first-order valence-electron chi connectivity index (χ1n) is 8.76. The van der Waals surface area contributed by atoms with Gasteiger partial charge in [0, 0.05) is 18.0 Å². The molecule has 5 nitrogen and oxygen atoms in total. The lowest BCUT2D eigenvalue weighted by Crippen LogP contribution is -2.12. The van der Waals surface area contributed by atoms with Crippen LogP contribution in [0.1, 0.15) is 12.0 Å². The predicted molar refractivity (Wildman–Crippen MR) is 115 cm³/mol. The van der Waals surface area contributed by atoms with Crippen molar-refractivity contribution >= 4 is 49.8 Å². The molecule has 0 aliphatic rings. The summed E-state index contributed by atoms with van der Waals surface area (Å²) >= 11 is 7.72. The van der Waals surface area contributed by atoms with E-state index in [2.05, 4.69) is 0 Å². The van der Waals surface area contributed by atoms with Crippen LogP contribution in [0.3, 0.4) is 0 Å². The second-order valence-corrected chi connectivity index (χ2v) is 9.49. The number of halogens is 1. The van der Waals surface area contributed by atoms with Gasteiger partial charge in [-0.3, -0.25) is 4.79 Å². The number of hydrogen-bond donors (Lipinski definition) is 1. The Bertz CT molecular complexity index is 1310. The summed E-state index contributed by atoms with van der Waals surface area (Å²) in [7, 11) is -3.94. The van der Waals surface area contributed by atoms with Crippen LogP contribution in [-0.4, -0.2) is 23.5 Å². The molecule has 0 fully saturated rings. The van der Waals surface area contributed by atoms with Crippen molar-refractivity contribution in [3.8, 4) is 11.1 Å². The van der Waals surface area contributed by atoms with Crippen molar-refractivity contribution in [1.29, 1.82) is 0 Å². The Kier molecular flexibility index (Phi) is 5.21. The average molecular weight is 446 g/mol. The summed E-state index contributed by atoms with van der Waals surface area (Å²) in [5.74, 6) is -0.936. The van der Waals surface area contributed by atoms with Gasteiger partial charge in [-0.25, -0.2) is 12.4 Å². The van der Waals surface area contributed by atoms with E-state index in [4.69, 9.17) is 16.7 Å². The number of carboxylic acid groups (broad SMARTS) is 1. The first kappa shape index (κ1) is 19.7. The second kappa shape index (κ2) is 7.67. The molecule has 0 saturated heterocycles. The smallest absolute Gasteiger partial charge is 0.303 e. The second-order valence-electron chi connectivity index (χ2n) is 6.52. The molecule has 2 heterocycles. The van der Waals surface area contributed by atoms with Crippen molar-refractivity contribution < 1.29 is 18.3 Å². The molecular formula is C21H16ClNO4S2. The summed E-state index contributed by atoms with van der Waals surface area (Å²) in [5.41, 5.74) is 3.13. The molecule has 8 heteroatoms. The largest absolute Gasteiger partial charge is 0.481 e. The minimum absolute atomic E-state index is 0.00487. The Morgan fingerprint density at radius 2 is 1.90 bits per heavy atom. The zero-order chi connectivity index (χ0) is 20.6. The number of aromatic nitrogens is 1. The standard InChI is InChI=1S/C21H16ClNO4S2/c22-18-3-1-2-4-20(18)29(26,27)23-12-15(6-8-21(24)25)17-11-14(5-7-19(17)23)16-9-10-28-13-16/h1-5,7,9-13H,6,8H2,(H,24,25). The molecule has 4 rings (SSSR count). The fraction of sp³-hybridized carbons (Fsp3) is 0.0952. The molecule has 0 bridgehead atoms. The zero-order valence-electron chi connectivity index (χ0n) is 15.1. The molecule has 0 radical (unpaired) electrons. The fourth-order valence-corrected chi connectivity index (χ4v) is 5.83. The van der Waals surface area contributed by atoms with Crippen LogP contribution in [0.25, 0.3) is 22.0 Å². The van der Waals surface area contributed by atoms with Gasteiger partial charge in [0.15, 0.2) is 0 Å². The van der Waals surface area contributed by atoms with Crippen molar-refractivity contribution in [1.82, 2.24) is 3.97 Å². The minimum atomic E-state index is -3.94. The van der Waals surface area contributed by atoms with Crippen LogP contribution in [0.2, 0.25) is 5.02 Å². The fourth-order valence-electron chi connectivity index (χ4n) is 3.27. The number of carboxylic acids is 1. The molecule has 4 aromatic rings. The Hall–Kier alpha value is -2.61. The van der Waals surface area contributed by atoms with E-state index in [1.165, 1.54) is 22.3 Å². The number of aliphatic carboxylic acids is 1. The topological polar surface area (TPSA) is 76.4 Å². The highest BCUT2D eigenvalue weighted by molar-refractivity contribution is 7.90. The van der Waals surface area contributed by atoms with Crippen molar-refractivity contribution in [3.63, 3.8) is 0 Å². The van der Waals surface area contributed by atoms with Gasteiger partial charge in [0.2, 0.25) is 0 Å². The molecule has 0 atom stereocenters. The number of thiophene rings is 1. The summed E-state index contributed by atoms with van der Waals surface area (Å²) in [5, 5.41) is 13.9. The van der Waals surface area contributed by atoms with Crippen LogP contribution in [0.15, 0.2) is 70.4 Å². The Balaban J connectivity index is 1.93. The van der Waals surface area contributed by atoms with Crippen molar-refractivity contribution in [2.75, 3.05) is 0 Å². The van der Waals surface area contributed by atoms with Crippen LogP contribution in [0.5, 0.6) is 0 Å². The highest BCUT2D eigenvalue weighted by Gasteiger charge is 2.24. The van der Waals surface area contributed by atoms with E-state index in [0.717, 1.165) is 11.1 Å². The van der Waals surface area contributed by atoms with Gasteiger partial charge in [0.1, 0.15) is 4.90 Å². The van der Waals surface area contributed by atoms with Gasteiger partial charge in [-0.05, 0) is 64.2 Å². The highest BCUT2D eigenvalue weighted by atomic mass is 35.5. The molecule has 2 aromatic heterocycles. The van der Waals surface area contributed by atoms with Crippen LogP contribution >= 0.6 is 22.9 Å².